The average molecular weight is 464 g/mol. The van der Waals surface area contributed by atoms with Gasteiger partial charge in [-0.1, -0.05) is 0 Å². The summed E-state index contributed by atoms with van der Waals surface area (Å²) >= 11 is 1.73. The predicted molar refractivity (Wildman–Crippen MR) is 130 cm³/mol. The van der Waals surface area contributed by atoms with Gasteiger partial charge in [-0.3, -0.25) is 4.90 Å². The second-order valence-corrected chi connectivity index (χ2v) is 9.29. The average Bonchev–Trinajstić information content (AvgIpc) is 3.21. The molecule has 0 radical (unpaired) electrons. The Morgan fingerprint density at radius 3 is 2.45 bits per heavy atom. The maximum atomic E-state index is 9.84. The van der Waals surface area contributed by atoms with E-state index in [-0.39, 0.29) is 25.6 Å². The number of β-amino-alcohol motifs (C(OH)–C–C–N with tert-alkyl or cyclic N) is 1. The molecule has 0 aliphatic carbocycles. The molecule has 0 saturated carbocycles. The van der Waals surface area contributed by atoms with Gasteiger partial charge in [0.2, 0.25) is 0 Å². The third-order valence-corrected chi connectivity index (χ3v) is 6.12. The van der Waals surface area contributed by atoms with Crippen LogP contribution in [-0.4, -0.2) is 71.6 Å². The van der Waals surface area contributed by atoms with E-state index in [1.165, 1.54) is 10.1 Å². The van der Waals surface area contributed by atoms with E-state index >= 15 is 0 Å². The van der Waals surface area contributed by atoms with Gasteiger partial charge < -0.3 is 19.8 Å². The molecule has 1 aromatic carbocycles. The highest BCUT2D eigenvalue weighted by Gasteiger charge is 2.21. The van der Waals surface area contributed by atoms with Gasteiger partial charge in [-0.2, -0.15) is 0 Å². The van der Waals surface area contributed by atoms with Crippen LogP contribution >= 0.6 is 23.7 Å². The fourth-order valence-electron chi connectivity index (χ4n) is 3.64. The molecule has 4 rings (SSSR count). The molecule has 168 valence electrons. The maximum absolute atomic E-state index is 9.84. The number of benzene rings is 1. The molecule has 0 spiro atoms. The number of pyridine rings is 1. The number of aliphatic hydroxyl groups is 2. The normalized spacial score (nSPS) is 15.2. The van der Waals surface area contributed by atoms with Crippen LogP contribution in [-0.2, 0) is 0 Å². The summed E-state index contributed by atoms with van der Waals surface area (Å²) in [5, 5.41) is 22.3. The Morgan fingerprint density at radius 1 is 1.10 bits per heavy atom. The molecule has 1 fully saturated rings. The summed E-state index contributed by atoms with van der Waals surface area (Å²) in [6, 6.07) is 12.2. The van der Waals surface area contributed by atoms with Crippen molar-refractivity contribution in [1.29, 1.82) is 0 Å². The van der Waals surface area contributed by atoms with Gasteiger partial charge in [-0.25, -0.2) is 4.98 Å². The molecule has 0 atom stereocenters. The fourth-order valence-corrected chi connectivity index (χ4v) is 4.46. The van der Waals surface area contributed by atoms with Crippen LogP contribution in [0.5, 0.6) is 5.75 Å². The summed E-state index contributed by atoms with van der Waals surface area (Å²) in [5.41, 5.74) is 1.13. The van der Waals surface area contributed by atoms with Crippen molar-refractivity contribution in [2.24, 2.45) is 0 Å². The summed E-state index contributed by atoms with van der Waals surface area (Å²) in [6.45, 7) is 8.33. The van der Waals surface area contributed by atoms with Gasteiger partial charge in [0.05, 0.1) is 17.9 Å². The number of nitrogens with zero attached hydrogens (tertiary/aromatic N) is 3. The molecule has 8 heteroatoms. The SMILES string of the molecule is CC(C)(O)COc1ccc(-c2cc3sccc3c(N3CCN(CCO)CC3)n2)cc1.Cl. The van der Waals surface area contributed by atoms with Gasteiger partial charge in [0.1, 0.15) is 18.2 Å². The first-order valence-electron chi connectivity index (χ1n) is 10.3. The third kappa shape index (κ3) is 5.87. The number of fused-ring (bicyclic) bond motifs is 1. The monoisotopic (exact) mass is 463 g/mol. The molecule has 0 unspecified atom stereocenters. The van der Waals surface area contributed by atoms with Gasteiger partial charge in [-0.15, -0.1) is 23.7 Å². The first kappa shape index (κ1) is 23.8. The Labute approximate surface area is 193 Å². The van der Waals surface area contributed by atoms with E-state index in [1.807, 2.05) is 24.3 Å². The molecule has 3 heterocycles. The van der Waals surface area contributed by atoms with Gasteiger partial charge in [-0.05, 0) is 55.6 Å². The lowest BCUT2D eigenvalue weighted by molar-refractivity contribution is 0.0285. The zero-order chi connectivity index (χ0) is 21.1. The first-order valence-corrected chi connectivity index (χ1v) is 11.2. The topological polar surface area (TPSA) is 69.1 Å². The number of aromatic nitrogens is 1. The number of anilines is 1. The number of thiophene rings is 1. The lowest BCUT2D eigenvalue weighted by Gasteiger charge is -2.35. The van der Waals surface area contributed by atoms with E-state index in [4.69, 9.17) is 9.72 Å². The number of halogens is 1. The number of rotatable bonds is 7. The number of ether oxygens (including phenoxy) is 1. The Hall–Kier alpha value is -1.90. The van der Waals surface area contributed by atoms with E-state index in [0.29, 0.717) is 0 Å². The second-order valence-electron chi connectivity index (χ2n) is 8.34. The van der Waals surface area contributed by atoms with Crippen LogP contribution in [0.15, 0.2) is 41.8 Å². The van der Waals surface area contributed by atoms with Gasteiger partial charge in [0.15, 0.2) is 0 Å². The molecule has 3 aromatic rings. The Kier molecular flexibility index (Phi) is 7.78. The largest absolute Gasteiger partial charge is 0.491 e. The number of piperazine rings is 1. The van der Waals surface area contributed by atoms with E-state index in [2.05, 4.69) is 27.3 Å². The van der Waals surface area contributed by atoms with Crippen molar-refractivity contribution in [3.8, 4) is 17.0 Å². The number of aliphatic hydroxyl groups excluding tert-OH is 1. The van der Waals surface area contributed by atoms with Crippen molar-refractivity contribution in [3.63, 3.8) is 0 Å². The highest BCUT2D eigenvalue weighted by molar-refractivity contribution is 7.17. The summed E-state index contributed by atoms with van der Waals surface area (Å²) in [4.78, 5) is 9.68. The van der Waals surface area contributed by atoms with E-state index in [1.54, 1.807) is 25.2 Å². The number of hydrogen-bond acceptors (Lipinski definition) is 7. The van der Waals surface area contributed by atoms with Crippen LogP contribution in [0.4, 0.5) is 5.82 Å². The molecule has 0 amide bonds. The first-order chi connectivity index (χ1) is 14.4. The third-order valence-electron chi connectivity index (χ3n) is 5.26. The van der Waals surface area contributed by atoms with Crippen molar-refractivity contribution in [2.45, 2.75) is 19.4 Å². The molecule has 2 aromatic heterocycles. The quantitative estimate of drug-likeness (QED) is 0.557. The van der Waals surface area contributed by atoms with Crippen molar-refractivity contribution < 1.29 is 14.9 Å². The minimum atomic E-state index is -0.861. The molecular formula is C23H30ClN3O3S. The molecule has 1 saturated heterocycles. The molecule has 0 bridgehead atoms. The van der Waals surface area contributed by atoms with E-state index in [9.17, 15) is 10.2 Å². The van der Waals surface area contributed by atoms with Crippen LogP contribution in [0.25, 0.3) is 21.3 Å². The summed E-state index contributed by atoms with van der Waals surface area (Å²) in [6.07, 6.45) is 0. The van der Waals surface area contributed by atoms with E-state index < -0.39 is 5.60 Å². The summed E-state index contributed by atoms with van der Waals surface area (Å²) in [7, 11) is 0. The zero-order valence-electron chi connectivity index (χ0n) is 18.0. The molecule has 31 heavy (non-hydrogen) atoms. The highest BCUT2D eigenvalue weighted by atomic mass is 35.5. The van der Waals surface area contributed by atoms with Crippen molar-refractivity contribution >= 4 is 39.6 Å². The predicted octanol–water partition coefficient (Wildman–Crippen LogP) is 3.65. The van der Waals surface area contributed by atoms with Crippen LogP contribution < -0.4 is 9.64 Å². The summed E-state index contributed by atoms with van der Waals surface area (Å²) in [5.74, 6) is 1.77. The molecule has 1 aliphatic heterocycles. The van der Waals surface area contributed by atoms with Crippen LogP contribution in [0, 0.1) is 0 Å². The number of hydrogen-bond donors (Lipinski definition) is 2. The standard InChI is InChI=1S/C23H29N3O3S.ClH/c1-23(2,28)16-29-18-5-3-17(4-6-18)20-15-21-19(7-14-30-21)22(24-20)26-10-8-25(9-11-26)12-13-27;/h3-7,14-15,27-28H,8-13,16H2,1-2H3;1H. The molecule has 6 nitrogen and oxygen atoms in total. The van der Waals surface area contributed by atoms with Crippen LogP contribution in [0.2, 0.25) is 0 Å². The Morgan fingerprint density at radius 2 is 1.81 bits per heavy atom. The minimum Gasteiger partial charge on any atom is -0.491 e. The maximum Gasteiger partial charge on any atom is 0.138 e. The summed E-state index contributed by atoms with van der Waals surface area (Å²) < 4.78 is 6.90. The Bertz CT molecular complexity index is 980. The van der Waals surface area contributed by atoms with Gasteiger partial charge in [0.25, 0.3) is 0 Å². The van der Waals surface area contributed by atoms with Crippen molar-refractivity contribution in [2.75, 3.05) is 50.8 Å². The second kappa shape index (κ2) is 10.1. The molecule has 2 N–H and O–H groups in total. The minimum absolute atomic E-state index is 0. The van der Waals surface area contributed by atoms with Crippen LogP contribution in [0.3, 0.4) is 0 Å². The molecule has 1 aliphatic rings. The lowest BCUT2D eigenvalue weighted by atomic mass is 10.1. The van der Waals surface area contributed by atoms with Crippen molar-refractivity contribution in [1.82, 2.24) is 9.88 Å². The highest BCUT2D eigenvalue weighted by Crippen LogP contribution is 2.34. The molecular weight excluding hydrogens is 434 g/mol. The fraction of sp³-hybridized carbons (Fsp3) is 0.435. The smallest absolute Gasteiger partial charge is 0.138 e. The van der Waals surface area contributed by atoms with Gasteiger partial charge in [0, 0.05) is 48.4 Å². The lowest BCUT2D eigenvalue weighted by Crippen LogP contribution is -2.47. The van der Waals surface area contributed by atoms with Crippen LogP contribution in [0.1, 0.15) is 13.8 Å². The van der Waals surface area contributed by atoms with Gasteiger partial charge >= 0.3 is 0 Å². The van der Waals surface area contributed by atoms with Crippen molar-refractivity contribution in [3.05, 3.63) is 41.8 Å². The zero-order valence-corrected chi connectivity index (χ0v) is 19.6. The Balaban J connectivity index is 0.00000272. The van der Waals surface area contributed by atoms with E-state index in [0.717, 1.165) is 55.5 Å².